The van der Waals surface area contributed by atoms with Crippen LogP contribution >= 0.6 is 15.9 Å². The number of rotatable bonds is 5. The number of nitrogens with one attached hydrogen (secondary N) is 1. The van der Waals surface area contributed by atoms with Crippen molar-refractivity contribution in [2.75, 3.05) is 6.54 Å². The van der Waals surface area contributed by atoms with E-state index in [1.165, 1.54) is 6.07 Å². The first-order valence-corrected chi connectivity index (χ1v) is 7.23. The number of alkyl halides is 2. The molecule has 0 aliphatic rings. The topological polar surface area (TPSA) is 66.4 Å². The molecule has 0 aliphatic carbocycles. The van der Waals surface area contributed by atoms with Crippen LogP contribution in [-0.4, -0.2) is 26.5 Å². The third kappa shape index (κ3) is 3.71. The van der Waals surface area contributed by atoms with Crippen LogP contribution in [0.15, 0.2) is 21.5 Å². The number of hydrogen-bond acceptors (Lipinski definition) is 3. The quantitative estimate of drug-likeness (QED) is 0.856. The molecule has 0 fully saturated rings. The van der Waals surface area contributed by atoms with Gasteiger partial charge in [0.1, 0.15) is 0 Å². The Morgan fingerprint density at radius 3 is 2.56 bits per heavy atom. The van der Waals surface area contributed by atoms with Crippen molar-refractivity contribution in [2.45, 2.75) is 24.9 Å². The van der Waals surface area contributed by atoms with Crippen LogP contribution in [0.25, 0.3) is 0 Å². The summed E-state index contributed by atoms with van der Waals surface area (Å²) < 4.78 is 50.0. The van der Waals surface area contributed by atoms with Crippen molar-refractivity contribution in [3.8, 4) is 0 Å². The van der Waals surface area contributed by atoms with Gasteiger partial charge >= 0.3 is 0 Å². The van der Waals surface area contributed by atoms with Crippen LogP contribution in [0.1, 0.15) is 11.1 Å². The number of benzene rings is 1. The summed E-state index contributed by atoms with van der Waals surface area (Å²) in [6.45, 7) is 0.265. The molecule has 0 heterocycles. The average Bonchev–Trinajstić information content (AvgIpc) is 2.29. The Labute approximate surface area is 112 Å². The highest BCUT2D eigenvalue weighted by Gasteiger charge is 2.20. The predicted molar refractivity (Wildman–Crippen MR) is 66.0 cm³/mol. The molecule has 1 aromatic rings. The molecule has 2 N–H and O–H groups in total. The Hall–Kier alpha value is -0.570. The van der Waals surface area contributed by atoms with E-state index in [0.29, 0.717) is 15.6 Å². The molecular weight excluding hydrogens is 332 g/mol. The molecule has 0 radical (unpaired) electrons. The van der Waals surface area contributed by atoms with Crippen LogP contribution in [-0.2, 0) is 16.6 Å². The van der Waals surface area contributed by atoms with E-state index in [1.54, 1.807) is 13.0 Å². The zero-order valence-corrected chi connectivity index (χ0v) is 11.9. The molecule has 0 spiro atoms. The highest BCUT2D eigenvalue weighted by atomic mass is 79.9. The van der Waals surface area contributed by atoms with Crippen molar-refractivity contribution in [1.82, 2.24) is 4.72 Å². The van der Waals surface area contributed by atoms with E-state index < -0.39 is 23.0 Å². The Morgan fingerprint density at radius 1 is 1.44 bits per heavy atom. The molecule has 102 valence electrons. The summed E-state index contributed by atoms with van der Waals surface area (Å²) in [4.78, 5) is -0.124. The zero-order chi connectivity index (χ0) is 13.9. The molecule has 0 atom stereocenters. The van der Waals surface area contributed by atoms with Gasteiger partial charge in [0.15, 0.2) is 0 Å². The predicted octanol–water partition coefficient (Wildman–Crippen LogP) is 1.79. The lowest BCUT2D eigenvalue weighted by Gasteiger charge is -2.12. The van der Waals surface area contributed by atoms with Crippen LogP contribution in [0, 0.1) is 6.92 Å². The Morgan fingerprint density at radius 2 is 2.06 bits per heavy atom. The van der Waals surface area contributed by atoms with Gasteiger partial charge in [-0.05, 0) is 30.2 Å². The molecule has 18 heavy (non-hydrogen) atoms. The van der Waals surface area contributed by atoms with Gasteiger partial charge in [-0.3, -0.25) is 0 Å². The minimum absolute atomic E-state index is 0.124. The molecule has 4 nitrogen and oxygen atoms in total. The minimum Gasteiger partial charge on any atom is -0.392 e. The molecule has 0 aromatic heterocycles. The van der Waals surface area contributed by atoms with Gasteiger partial charge in [-0.15, -0.1) is 0 Å². The molecule has 0 saturated carbocycles. The summed E-state index contributed by atoms with van der Waals surface area (Å²) in [6, 6.07) is 2.83. The first-order chi connectivity index (χ1) is 8.27. The summed E-state index contributed by atoms with van der Waals surface area (Å²) in [6.07, 6.45) is -2.76. The summed E-state index contributed by atoms with van der Waals surface area (Å²) in [7, 11) is -4.01. The van der Waals surface area contributed by atoms with Gasteiger partial charge in [0, 0.05) is 4.47 Å². The number of aliphatic hydroxyl groups is 1. The zero-order valence-electron chi connectivity index (χ0n) is 9.45. The molecule has 0 bridgehead atoms. The van der Waals surface area contributed by atoms with E-state index in [9.17, 15) is 17.2 Å². The third-order valence-corrected chi connectivity index (χ3v) is 4.63. The second kappa shape index (κ2) is 6.05. The maximum Gasteiger partial charge on any atom is 0.251 e. The van der Waals surface area contributed by atoms with Crippen LogP contribution in [0.3, 0.4) is 0 Å². The maximum absolute atomic E-state index is 12.0. The van der Waals surface area contributed by atoms with Gasteiger partial charge in [0.05, 0.1) is 18.0 Å². The number of hydrogen-bond donors (Lipinski definition) is 2. The molecule has 0 unspecified atom stereocenters. The van der Waals surface area contributed by atoms with Crippen molar-refractivity contribution in [2.24, 2.45) is 0 Å². The summed E-state index contributed by atoms with van der Waals surface area (Å²) in [5.41, 5.74) is 0.777. The van der Waals surface area contributed by atoms with Crippen molar-refractivity contribution in [3.05, 3.63) is 27.7 Å². The van der Waals surface area contributed by atoms with E-state index >= 15 is 0 Å². The van der Waals surface area contributed by atoms with Gasteiger partial charge in [0.2, 0.25) is 10.0 Å². The molecule has 8 heteroatoms. The largest absolute Gasteiger partial charge is 0.392 e. The van der Waals surface area contributed by atoms with E-state index in [2.05, 4.69) is 15.9 Å². The van der Waals surface area contributed by atoms with Crippen LogP contribution < -0.4 is 4.72 Å². The number of aliphatic hydroxyl groups excluding tert-OH is 1. The van der Waals surface area contributed by atoms with E-state index in [0.717, 1.165) is 0 Å². The second-order valence-electron chi connectivity index (χ2n) is 3.60. The smallest absolute Gasteiger partial charge is 0.251 e. The van der Waals surface area contributed by atoms with Crippen LogP contribution in [0.2, 0.25) is 0 Å². The molecule has 1 rings (SSSR count). The number of halogens is 3. The fourth-order valence-electron chi connectivity index (χ4n) is 1.33. The Balaban J connectivity index is 3.19. The van der Waals surface area contributed by atoms with Gasteiger partial charge in [-0.1, -0.05) is 15.9 Å². The molecule has 0 saturated heterocycles. The Kier molecular flexibility index (Phi) is 5.20. The Bertz CT molecular complexity index is 534. The van der Waals surface area contributed by atoms with Crippen LogP contribution in [0.5, 0.6) is 0 Å². The molecule has 1 aromatic carbocycles. The van der Waals surface area contributed by atoms with Crippen LogP contribution in [0.4, 0.5) is 8.78 Å². The van der Waals surface area contributed by atoms with Gasteiger partial charge in [-0.25, -0.2) is 21.9 Å². The lowest BCUT2D eigenvalue weighted by molar-refractivity contribution is 0.153. The summed E-state index contributed by atoms with van der Waals surface area (Å²) in [5, 5.41) is 9.01. The fourth-order valence-corrected chi connectivity index (χ4v) is 3.29. The number of sulfonamides is 1. The lowest BCUT2D eigenvalue weighted by Crippen LogP contribution is -2.29. The fraction of sp³-hybridized carbons (Fsp3) is 0.400. The van der Waals surface area contributed by atoms with E-state index in [4.69, 9.17) is 5.11 Å². The third-order valence-electron chi connectivity index (χ3n) is 2.26. The summed E-state index contributed by atoms with van der Waals surface area (Å²) >= 11 is 3.16. The monoisotopic (exact) mass is 343 g/mol. The summed E-state index contributed by atoms with van der Waals surface area (Å²) in [5.74, 6) is 0. The van der Waals surface area contributed by atoms with Crippen molar-refractivity contribution >= 4 is 26.0 Å². The molecule has 0 amide bonds. The average molecular weight is 344 g/mol. The van der Waals surface area contributed by atoms with E-state index in [-0.39, 0.29) is 11.5 Å². The van der Waals surface area contributed by atoms with Crippen molar-refractivity contribution in [1.29, 1.82) is 0 Å². The standard InChI is InChI=1S/C10H12BrF2NO3S/c1-6-8(11)2-7(5-15)3-9(6)18(16,17)14-4-10(12)13/h2-3,10,14-15H,4-5H2,1H3. The van der Waals surface area contributed by atoms with Crippen molar-refractivity contribution in [3.63, 3.8) is 0 Å². The van der Waals surface area contributed by atoms with E-state index in [1.807, 2.05) is 4.72 Å². The maximum atomic E-state index is 12.0. The SMILES string of the molecule is Cc1c(Br)cc(CO)cc1S(=O)(=O)NCC(F)F. The van der Waals surface area contributed by atoms with Crippen molar-refractivity contribution < 1.29 is 22.3 Å². The first-order valence-electron chi connectivity index (χ1n) is 4.95. The molecule has 0 aliphatic heterocycles. The normalized spacial score (nSPS) is 12.1. The lowest BCUT2D eigenvalue weighted by atomic mass is 10.2. The van der Waals surface area contributed by atoms with Gasteiger partial charge < -0.3 is 5.11 Å². The first kappa shape index (κ1) is 15.5. The second-order valence-corrected chi connectivity index (χ2v) is 6.19. The minimum atomic E-state index is -4.01. The highest BCUT2D eigenvalue weighted by Crippen LogP contribution is 2.25. The van der Waals surface area contributed by atoms with Gasteiger partial charge in [0.25, 0.3) is 6.43 Å². The highest BCUT2D eigenvalue weighted by molar-refractivity contribution is 9.10. The van der Waals surface area contributed by atoms with Gasteiger partial charge in [-0.2, -0.15) is 0 Å². The molecular formula is C10H12BrF2NO3S.